The van der Waals surface area contributed by atoms with Crippen LogP contribution in [0.3, 0.4) is 0 Å². The Balaban J connectivity index is 2.07. The maximum absolute atomic E-state index is 6.28. The number of nitrogens with zero attached hydrogens (tertiary/aromatic N) is 1. The summed E-state index contributed by atoms with van der Waals surface area (Å²) in [4.78, 5) is 4.49. The van der Waals surface area contributed by atoms with E-state index in [1.54, 1.807) is 0 Å². The summed E-state index contributed by atoms with van der Waals surface area (Å²) in [7, 11) is 0. The molecule has 3 N–H and O–H groups in total. The standard InChI is InChI=1S/C15H22ClN3/c1-14(2,3)19-13(17)18-10-15(8-9-15)11-6-4-5-7-12(11)16/h4-7H,8-10H2,1-3H3,(H3,17,18,19). The van der Waals surface area contributed by atoms with Crippen molar-refractivity contribution in [3.8, 4) is 0 Å². The van der Waals surface area contributed by atoms with Gasteiger partial charge in [0.25, 0.3) is 0 Å². The summed E-state index contributed by atoms with van der Waals surface area (Å²) < 4.78 is 0. The fourth-order valence-electron chi connectivity index (χ4n) is 2.22. The zero-order valence-electron chi connectivity index (χ0n) is 11.8. The molecule has 0 aromatic heterocycles. The number of halogens is 1. The van der Waals surface area contributed by atoms with Crippen molar-refractivity contribution >= 4 is 17.6 Å². The third-order valence-electron chi connectivity index (χ3n) is 3.35. The fourth-order valence-corrected chi connectivity index (χ4v) is 2.55. The van der Waals surface area contributed by atoms with Crippen molar-refractivity contribution in [1.82, 2.24) is 5.32 Å². The lowest BCUT2D eigenvalue weighted by atomic mass is 9.96. The largest absolute Gasteiger partial charge is 0.370 e. The molecule has 1 aliphatic rings. The molecule has 1 saturated carbocycles. The molecular weight excluding hydrogens is 258 g/mol. The molecule has 0 amide bonds. The molecule has 4 heteroatoms. The Morgan fingerprint density at radius 2 is 2.00 bits per heavy atom. The van der Waals surface area contributed by atoms with Gasteiger partial charge in [-0.15, -0.1) is 0 Å². The van der Waals surface area contributed by atoms with Gasteiger partial charge in [0.2, 0.25) is 0 Å². The van der Waals surface area contributed by atoms with E-state index in [0.717, 1.165) is 17.9 Å². The number of nitrogens with two attached hydrogens (primary N) is 1. The molecule has 2 rings (SSSR count). The minimum absolute atomic E-state index is 0.0608. The van der Waals surface area contributed by atoms with Crippen LogP contribution in [0.4, 0.5) is 0 Å². The van der Waals surface area contributed by atoms with Crippen LogP contribution in [-0.2, 0) is 5.41 Å². The smallest absolute Gasteiger partial charge is 0.189 e. The average Bonchev–Trinajstić information content (AvgIpc) is 3.06. The number of hydrogen-bond acceptors (Lipinski definition) is 1. The Labute approximate surface area is 120 Å². The van der Waals surface area contributed by atoms with E-state index in [0.29, 0.717) is 12.5 Å². The van der Waals surface area contributed by atoms with E-state index < -0.39 is 0 Å². The van der Waals surface area contributed by atoms with Crippen molar-refractivity contribution in [1.29, 1.82) is 0 Å². The second-order valence-corrected chi connectivity index (χ2v) is 6.74. The van der Waals surface area contributed by atoms with Gasteiger partial charge in [-0.25, -0.2) is 0 Å². The maximum atomic E-state index is 6.28. The van der Waals surface area contributed by atoms with Gasteiger partial charge in [-0.3, -0.25) is 4.99 Å². The van der Waals surface area contributed by atoms with E-state index in [4.69, 9.17) is 17.3 Å². The molecule has 1 fully saturated rings. The third-order valence-corrected chi connectivity index (χ3v) is 3.68. The zero-order valence-corrected chi connectivity index (χ0v) is 12.6. The highest BCUT2D eigenvalue weighted by molar-refractivity contribution is 6.31. The van der Waals surface area contributed by atoms with Gasteiger partial charge in [-0.05, 0) is 45.2 Å². The SMILES string of the molecule is CC(C)(C)NC(N)=NCC1(c2ccccc2Cl)CC1. The molecule has 0 atom stereocenters. The van der Waals surface area contributed by atoms with E-state index in [1.807, 2.05) is 18.2 Å². The predicted octanol–water partition coefficient (Wildman–Crippen LogP) is 3.07. The highest BCUT2D eigenvalue weighted by Crippen LogP contribution is 2.50. The van der Waals surface area contributed by atoms with Crippen LogP contribution in [0, 0.1) is 0 Å². The molecule has 1 aromatic rings. The van der Waals surface area contributed by atoms with Crippen molar-refractivity contribution in [3.63, 3.8) is 0 Å². The van der Waals surface area contributed by atoms with E-state index in [2.05, 4.69) is 37.1 Å². The highest BCUT2D eigenvalue weighted by Gasteiger charge is 2.45. The van der Waals surface area contributed by atoms with Gasteiger partial charge < -0.3 is 11.1 Å². The van der Waals surface area contributed by atoms with E-state index in [9.17, 15) is 0 Å². The van der Waals surface area contributed by atoms with Crippen LogP contribution in [0.2, 0.25) is 5.02 Å². The summed E-state index contributed by atoms with van der Waals surface area (Å²) >= 11 is 6.28. The summed E-state index contributed by atoms with van der Waals surface area (Å²) in [5.41, 5.74) is 7.15. The molecule has 0 radical (unpaired) electrons. The first-order valence-electron chi connectivity index (χ1n) is 6.66. The highest BCUT2D eigenvalue weighted by atomic mass is 35.5. The minimum Gasteiger partial charge on any atom is -0.370 e. The van der Waals surface area contributed by atoms with Crippen LogP contribution in [0.15, 0.2) is 29.3 Å². The molecule has 1 aromatic carbocycles. The van der Waals surface area contributed by atoms with Crippen LogP contribution >= 0.6 is 11.6 Å². The Morgan fingerprint density at radius 3 is 2.53 bits per heavy atom. The van der Waals surface area contributed by atoms with Crippen molar-refractivity contribution in [2.45, 2.75) is 44.6 Å². The predicted molar refractivity (Wildman–Crippen MR) is 81.7 cm³/mol. The monoisotopic (exact) mass is 279 g/mol. The number of rotatable bonds is 3. The maximum Gasteiger partial charge on any atom is 0.189 e. The lowest BCUT2D eigenvalue weighted by Gasteiger charge is -2.22. The van der Waals surface area contributed by atoms with Crippen LogP contribution in [-0.4, -0.2) is 18.0 Å². The molecular formula is C15H22ClN3. The second-order valence-electron chi connectivity index (χ2n) is 6.34. The summed E-state index contributed by atoms with van der Waals surface area (Å²) in [6.07, 6.45) is 2.26. The molecule has 0 saturated heterocycles. The second kappa shape index (κ2) is 5.04. The van der Waals surface area contributed by atoms with Gasteiger partial charge in [-0.1, -0.05) is 29.8 Å². The molecule has 0 bridgehead atoms. The van der Waals surface area contributed by atoms with E-state index in [1.165, 1.54) is 5.56 Å². The van der Waals surface area contributed by atoms with Crippen LogP contribution < -0.4 is 11.1 Å². The molecule has 0 spiro atoms. The van der Waals surface area contributed by atoms with Crippen molar-refractivity contribution < 1.29 is 0 Å². The zero-order chi connectivity index (χ0) is 14.1. The third kappa shape index (κ3) is 3.63. The Morgan fingerprint density at radius 1 is 1.37 bits per heavy atom. The van der Waals surface area contributed by atoms with Gasteiger partial charge in [0.15, 0.2) is 5.96 Å². The fraction of sp³-hybridized carbons (Fsp3) is 0.533. The average molecular weight is 280 g/mol. The number of hydrogen-bond donors (Lipinski definition) is 2. The van der Waals surface area contributed by atoms with Gasteiger partial charge >= 0.3 is 0 Å². The molecule has 0 aliphatic heterocycles. The Bertz CT molecular complexity index is 484. The topological polar surface area (TPSA) is 50.4 Å². The number of guanidine groups is 1. The first-order chi connectivity index (χ1) is 8.82. The molecule has 104 valence electrons. The van der Waals surface area contributed by atoms with Crippen LogP contribution in [0.1, 0.15) is 39.2 Å². The van der Waals surface area contributed by atoms with Crippen LogP contribution in [0.5, 0.6) is 0 Å². The summed E-state index contributed by atoms with van der Waals surface area (Å²) in [6.45, 7) is 6.90. The van der Waals surface area contributed by atoms with E-state index in [-0.39, 0.29) is 11.0 Å². The minimum atomic E-state index is -0.0608. The summed E-state index contributed by atoms with van der Waals surface area (Å²) in [5, 5.41) is 4.01. The van der Waals surface area contributed by atoms with Gasteiger partial charge in [0, 0.05) is 16.0 Å². The van der Waals surface area contributed by atoms with Gasteiger partial charge in [-0.2, -0.15) is 0 Å². The molecule has 3 nitrogen and oxygen atoms in total. The molecule has 0 heterocycles. The lowest BCUT2D eigenvalue weighted by Crippen LogP contribution is -2.45. The van der Waals surface area contributed by atoms with Crippen molar-refractivity contribution in [3.05, 3.63) is 34.9 Å². The molecule has 0 unspecified atom stereocenters. The van der Waals surface area contributed by atoms with Crippen molar-refractivity contribution in [2.24, 2.45) is 10.7 Å². The number of benzene rings is 1. The normalized spacial score (nSPS) is 18.2. The Kier molecular flexibility index (Phi) is 3.77. The molecule has 19 heavy (non-hydrogen) atoms. The van der Waals surface area contributed by atoms with Crippen LogP contribution in [0.25, 0.3) is 0 Å². The molecule has 1 aliphatic carbocycles. The lowest BCUT2D eigenvalue weighted by molar-refractivity contribution is 0.507. The van der Waals surface area contributed by atoms with E-state index >= 15 is 0 Å². The number of aliphatic imine (C=N–C) groups is 1. The first-order valence-corrected chi connectivity index (χ1v) is 7.03. The van der Waals surface area contributed by atoms with Gasteiger partial charge in [0.1, 0.15) is 0 Å². The summed E-state index contributed by atoms with van der Waals surface area (Å²) in [5.74, 6) is 0.505. The quantitative estimate of drug-likeness (QED) is 0.660. The first kappa shape index (κ1) is 14.2. The number of nitrogens with one attached hydrogen (secondary N) is 1. The van der Waals surface area contributed by atoms with Gasteiger partial charge in [0.05, 0.1) is 6.54 Å². The summed E-state index contributed by atoms with van der Waals surface area (Å²) in [6, 6.07) is 8.03. The van der Waals surface area contributed by atoms with Crippen molar-refractivity contribution in [2.75, 3.05) is 6.54 Å². The Hall–Kier alpha value is -1.22.